The van der Waals surface area contributed by atoms with Crippen LogP contribution >= 0.6 is 11.6 Å². The van der Waals surface area contributed by atoms with Gasteiger partial charge in [-0.15, -0.1) is 0 Å². The Morgan fingerprint density at radius 2 is 2.15 bits per heavy atom. The molecule has 0 radical (unpaired) electrons. The monoisotopic (exact) mass is 387 g/mol. The topological polar surface area (TPSA) is 85.8 Å². The van der Waals surface area contributed by atoms with Crippen LogP contribution in [-0.2, 0) is 13.5 Å². The summed E-state index contributed by atoms with van der Waals surface area (Å²) in [6.45, 7) is 0.229. The maximum absolute atomic E-state index is 13.3. The predicted molar refractivity (Wildman–Crippen MR) is 102 cm³/mol. The van der Waals surface area contributed by atoms with Crippen molar-refractivity contribution < 1.29 is 9.18 Å². The minimum Gasteiger partial charge on any atom is -0.348 e. The molecule has 0 saturated carbocycles. The first-order valence-electron chi connectivity index (χ1n) is 8.37. The van der Waals surface area contributed by atoms with Crippen LogP contribution in [0.1, 0.15) is 15.9 Å². The van der Waals surface area contributed by atoms with Crippen molar-refractivity contribution in [3.05, 3.63) is 70.8 Å². The summed E-state index contributed by atoms with van der Waals surface area (Å²) < 4.78 is 14.9. The molecular weight excluding hydrogens is 369 g/mol. The number of rotatable bonds is 6. The molecule has 3 rings (SSSR count). The molecule has 2 aromatic carbocycles. The molecule has 0 saturated heterocycles. The Morgan fingerprint density at radius 1 is 1.33 bits per heavy atom. The molecule has 0 fully saturated rings. The van der Waals surface area contributed by atoms with Gasteiger partial charge in [-0.1, -0.05) is 23.7 Å². The fourth-order valence-electron chi connectivity index (χ4n) is 2.79. The molecule has 1 amide bonds. The van der Waals surface area contributed by atoms with Gasteiger partial charge in [0.15, 0.2) is 5.82 Å². The molecule has 140 valence electrons. The van der Waals surface area contributed by atoms with E-state index in [-0.39, 0.29) is 24.3 Å². The second-order valence-electron chi connectivity index (χ2n) is 6.14. The lowest BCUT2D eigenvalue weighted by molar-refractivity contribution is 0.0938. The highest BCUT2D eigenvalue weighted by molar-refractivity contribution is 6.33. The van der Waals surface area contributed by atoms with E-state index in [4.69, 9.17) is 17.3 Å². The van der Waals surface area contributed by atoms with Crippen molar-refractivity contribution >= 4 is 17.5 Å². The number of amides is 1. The predicted octanol–water partition coefficient (Wildman–Crippen LogP) is 2.57. The Labute approximate surface area is 161 Å². The number of carbonyl (C=O) groups excluding carboxylic acids is 1. The molecule has 3 N–H and O–H groups in total. The normalized spacial score (nSPS) is 12.0. The Balaban J connectivity index is 1.73. The lowest BCUT2D eigenvalue weighted by atomic mass is 10.0. The van der Waals surface area contributed by atoms with Crippen LogP contribution in [-0.4, -0.2) is 33.3 Å². The van der Waals surface area contributed by atoms with Gasteiger partial charge in [-0.05, 0) is 42.3 Å². The second-order valence-corrected chi connectivity index (χ2v) is 6.55. The van der Waals surface area contributed by atoms with E-state index in [9.17, 15) is 9.18 Å². The minimum atomic E-state index is -0.323. The molecule has 8 heteroatoms. The van der Waals surface area contributed by atoms with Crippen LogP contribution in [0.15, 0.2) is 48.8 Å². The van der Waals surface area contributed by atoms with E-state index >= 15 is 0 Å². The molecule has 6 nitrogen and oxygen atoms in total. The van der Waals surface area contributed by atoms with Gasteiger partial charge in [-0.3, -0.25) is 4.79 Å². The average Bonchev–Trinajstić information content (AvgIpc) is 3.06. The van der Waals surface area contributed by atoms with Crippen molar-refractivity contribution in [2.24, 2.45) is 12.8 Å². The number of nitrogens with zero attached hydrogens (tertiary/aromatic N) is 3. The van der Waals surface area contributed by atoms with Crippen LogP contribution in [0.3, 0.4) is 0 Å². The zero-order valence-electron chi connectivity index (χ0n) is 14.7. The summed E-state index contributed by atoms with van der Waals surface area (Å²) in [5.74, 6) is -0.00749. The molecule has 0 aliphatic heterocycles. The zero-order valence-corrected chi connectivity index (χ0v) is 15.4. The van der Waals surface area contributed by atoms with E-state index in [0.717, 1.165) is 5.56 Å². The summed E-state index contributed by atoms with van der Waals surface area (Å²) in [7, 11) is 1.76. The van der Waals surface area contributed by atoms with Crippen molar-refractivity contribution in [2.75, 3.05) is 6.54 Å². The van der Waals surface area contributed by atoms with Crippen molar-refractivity contribution in [1.29, 1.82) is 0 Å². The van der Waals surface area contributed by atoms with Crippen LogP contribution in [0.2, 0.25) is 5.02 Å². The number of carbonyl (C=O) groups is 1. The van der Waals surface area contributed by atoms with Crippen molar-refractivity contribution in [1.82, 2.24) is 20.1 Å². The Hall–Kier alpha value is -2.77. The first kappa shape index (κ1) is 19.0. The van der Waals surface area contributed by atoms with Gasteiger partial charge in [0, 0.05) is 30.8 Å². The zero-order chi connectivity index (χ0) is 19.4. The van der Waals surface area contributed by atoms with Gasteiger partial charge >= 0.3 is 0 Å². The minimum absolute atomic E-state index is 0.229. The quantitative estimate of drug-likeness (QED) is 0.680. The average molecular weight is 388 g/mol. The number of aromatic nitrogens is 3. The standard InChI is InChI=1S/C19H19ClFN5O/c1-26-18(23-11-24-26)16-6-5-13(9-17(16)20)19(27)25-15(10-22)8-12-3-2-4-14(21)7-12/h2-7,9,11,15H,8,10,22H2,1H3,(H,25,27)/t15-/m1/s1. The van der Waals surface area contributed by atoms with Gasteiger partial charge in [0.25, 0.3) is 5.91 Å². The summed E-state index contributed by atoms with van der Waals surface area (Å²) in [6.07, 6.45) is 1.87. The Kier molecular flexibility index (Phi) is 5.83. The summed E-state index contributed by atoms with van der Waals surface area (Å²) in [5, 5.41) is 7.28. The maximum Gasteiger partial charge on any atom is 0.251 e. The van der Waals surface area contributed by atoms with E-state index in [1.807, 2.05) is 0 Å². The Bertz CT molecular complexity index is 959. The van der Waals surface area contributed by atoms with Crippen molar-refractivity contribution in [3.63, 3.8) is 0 Å². The number of nitrogens with one attached hydrogen (secondary N) is 1. The van der Waals surface area contributed by atoms with Crippen LogP contribution in [0, 0.1) is 5.82 Å². The summed E-state index contributed by atoms with van der Waals surface area (Å²) in [6, 6.07) is 10.9. The highest BCUT2D eigenvalue weighted by atomic mass is 35.5. The fraction of sp³-hybridized carbons (Fsp3) is 0.211. The number of hydrogen-bond donors (Lipinski definition) is 2. The van der Waals surface area contributed by atoms with Gasteiger partial charge in [-0.2, -0.15) is 5.10 Å². The molecule has 0 aliphatic rings. The SMILES string of the molecule is Cn1ncnc1-c1ccc(C(=O)N[C@@H](CN)Cc2cccc(F)c2)cc1Cl. The lowest BCUT2D eigenvalue weighted by Crippen LogP contribution is -2.41. The molecular formula is C19H19ClFN5O. The largest absolute Gasteiger partial charge is 0.348 e. The molecule has 0 aliphatic carbocycles. The molecule has 0 bridgehead atoms. The fourth-order valence-corrected chi connectivity index (χ4v) is 3.05. The molecule has 27 heavy (non-hydrogen) atoms. The third-order valence-electron chi connectivity index (χ3n) is 4.17. The Morgan fingerprint density at radius 3 is 2.78 bits per heavy atom. The van der Waals surface area contributed by atoms with Crippen molar-refractivity contribution in [3.8, 4) is 11.4 Å². The summed E-state index contributed by atoms with van der Waals surface area (Å²) in [4.78, 5) is 16.7. The van der Waals surface area contributed by atoms with Crippen LogP contribution in [0.5, 0.6) is 0 Å². The van der Waals surface area contributed by atoms with Gasteiger partial charge in [0.1, 0.15) is 12.1 Å². The molecule has 1 heterocycles. The summed E-state index contributed by atoms with van der Waals surface area (Å²) >= 11 is 6.33. The number of nitrogens with two attached hydrogens (primary N) is 1. The smallest absolute Gasteiger partial charge is 0.251 e. The number of aryl methyl sites for hydroxylation is 1. The molecule has 3 aromatic rings. The third-order valence-corrected chi connectivity index (χ3v) is 4.49. The second kappa shape index (κ2) is 8.28. The van der Waals surface area contributed by atoms with E-state index in [2.05, 4.69) is 15.4 Å². The lowest BCUT2D eigenvalue weighted by Gasteiger charge is -2.17. The first-order valence-corrected chi connectivity index (χ1v) is 8.75. The van der Waals surface area contributed by atoms with Gasteiger partial charge in [0.05, 0.1) is 5.02 Å². The van der Waals surface area contributed by atoms with Gasteiger partial charge in [-0.25, -0.2) is 14.1 Å². The first-order chi connectivity index (χ1) is 13.0. The molecule has 0 spiro atoms. The number of halogens is 2. The van der Waals surface area contributed by atoms with Crippen LogP contribution in [0.25, 0.3) is 11.4 Å². The molecule has 1 atom stereocenters. The van der Waals surface area contributed by atoms with Gasteiger partial charge in [0.2, 0.25) is 0 Å². The van der Waals surface area contributed by atoms with Gasteiger partial charge < -0.3 is 11.1 Å². The summed E-state index contributed by atoms with van der Waals surface area (Å²) in [5.41, 5.74) is 7.62. The van der Waals surface area contributed by atoms with E-state index in [1.165, 1.54) is 18.5 Å². The highest BCUT2D eigenvalue weighted by Gasteiger charge is 2.16. The number of hydrogen-bond acceptors (Lipinski definition) is 4. The third kappa shape index (κ3) is 4.50. The van der Waals surface area contributed by atoms with E-state index < -0.39 is 0 Å². The van der Waals surface area contributed by atoms with Crippen molar-refractivity contribution in [2.45, 2.75) is 12.5 Å². The number of benzene rings is 2. The van der Waals surface area contributed by atoms with Crippen LogP contribution < -0.4 is 11.1 Å². The van der Waals surface area contributed by atoms with E-state index in [1.54, 1.807) is 42.1 Å². The maximum atomic E-state index is 13.3. The molecule has 0 unspecified atom stereocenters. The molecule has 1 aromatic heterocycles. The highest BCUT2D eigenvalue weighted by Crippen LogP contribution is 2.26. The van der Waals surface area contributed by atoms with E-state index in [0.29, 0.717) is 28.4 Å². The van der Waals surface area contributed by atoms with Crippen LogP contribution in [0.4, 0.5) is 4.39 Å².